The molecule has 0 bridgehead atoms. The first-order chi connectivity index (χ1) is 16.5. The molecule has 4 aromatic rings. The summed E-state index contributed by atoms with van der Waals surface area (Å²) in [6, 6.07) is 13.6. The zero-order valence-electron chi connectivity index (χ0n) is 18.1. The normalized spacial score (nSPS) is 23.5. The van der Waals surface area contributed by atoms with E-state index in [0.717, 1.165) is 10.8 Å². The number of nitrogens with zero attached hydrogens (tertiary/aromatic N) is 4. The Morgan fingerprint density at radius 2 is 1.85 bits per heavy atom. The Labute approximate surface area is 194 Å². The van der Waals surface area contributed by atoms with Gasteiger partial charge in [0.2, 0.25) is 0 Å². The number of aliphatic hydroxyl groups is 3. The minimum absolute atomic E-state index is 0.0319. The average molecular weight is 467 g/mol. The van der Waals surface area contributed by atoms with Crippen LogP contribution in [0.2, 0.25) is 0 Å². The molecule has 5 N–H and O–H groups in total. The van der Waals surface area contributed by atoms with E-state index in [9.17, 15) is 15.3 Å². The summed E-state index contributed by atoms with van der Waals surface area (Å²) >= 11 is 0. The molecule has 0 saturated carbocycles. The monoisotopic (exact) mass is 467 g/mol. The van der Waals surface area contributed by atoms with Gasteiger partial charge in [-0.3, -0.25) is 4.57 Å². The molecule has 0 unspecified atom stereocenters. The van der Waals surface area contributed by atoms with E-state index < -0.39 is 30.6 Å². The lowest BCUT2D eigenvalue weighted by molar-refractivity contribution is -0.0786. The molecule has 2 aromatic heterocycles. The second-order valence-electron chi connectivity index (χ2n) is 8.11. The van der Waals surface area contributed by atoms with Gasteiger partial charge in [-0.2, -0.15) is 0 Å². The predicted octanol–water partition coefficient (Wildman–Crippen LogP) is 0.637. The summed E-state index contributed by atoms with van der Waals surface area (Å²) in [5.41, 5.74) is 6.56. The van der Waals surface area contributed by atoms with Gasteiger partial charge in [0.25, 0.3) is 0 Å². The van der Waals surface area contributed by atoms with Crippen molar-refractivity contribution in [3.05, 3.63) is 55.1 Å². The SMILES string of the molecule is Nc1ncnc2c1ncn2[C@@H]1O[C@H](COC[C@H](O)COc2cccc3ccccc23)[C@@H](O)[C@H]1O. The van der Waals surface area contributed by atoms with Crippen LogP contribution in [0.3, 0.4) is 0 Å². The molecule has 1 aliphatic heterocycles. The molecule has 5 rings (SSSR count). The summed E-state index contributed by atoms with van der Waals surface area (Å²) in [5, 5.41) is 33.2. The number of benzene rings is 2. The fraction of sp³-hybridized carbons (Fsp3) is 0.348. The van der Waals surface area contributed by atoms with Gasteiger partial charge in [0, 0.05) is 5.39 Å². The van der Waals surface area contributed by atoms with Gasteiger partial charge in [-0.25, -0.2) is 15.0 Å². The molecular weight excluding hydrogens is 442 g/mol. The first-order valence-electron chi connectivity index (χ1n) is 10.8. The second-order valence-corrected chi connectivity index (χ2v) is 8.11. The third kappa shape index (κ3) is 4.27. The average Bonchev–Trinajstić information content (AvgIpc) is 3.40. The minimum Gasteiger partial charge on any atom is -0.490 e. The Kier molecular flexibility index (Phi) is 6.26. The molecule has 3 heterocycles. The quantitative estimate of drug-likeness (QED) is 0.290. The van der Waals surface area contributed by atoms with Crippen molar-refractivity contribution in [2.75, 3.05) is 25.6 Å². The first kappa shape index (κ1) is 22.4. The van der Waals surface area contributed by atoms with Gasteiger partial charge < -0.3 is 35.3 Å². The predicted molar refractivity (Wildman–Crippen MR) is 122 cm³/mol. The molecule has 1 saturated heterocycles. The minimum atomic E-state index is -1.23. The largest absolute Gasteiger partial charge is 0.490 e. The number of fused-ring (bicyclic) bond motifs is 2. The van der Waals surface area contributed by atoms with Gasteiger partial charge in [-0.1, -0.05) is 36.4 Å². The highest BCUT2D eigenvalue weighted by Crippen LogP contribution is 2.32. The van der Waals surface area contributed by atoms with E-state index in [0.29, 0.717) is 16.9 Å². The van der Waals surface area contributed by atoms with E-state index in [1.165, 1.54) is 17.2 Å². The van der Waals surface area contributed by atoms with Crippen molar-refractivity contribution in [3.63, 3.8) is 0 Å². The van der Waals surface area contributed by atoms with Crippen LogP contribution >= 0.6 is 0 Å². The lowest BCUT2D eigenvalue weighted by atomic mass is 10.1. The van der Waals surface area contributed by atoms with Crippen LogP contribution in [0.5, 0.6) is 5.75 Å². The van der Waals surface area contributed by atoms with Gasteiger partial charge in [0.1, 0.15) is 48.6 Å². The molecule has 34 heavy (non-hydrogen) atoms. The molecule has 0 amide bonds. The molecule has 0 spiro atoms. The van der Waals surface area contributed by atoms with Crippen LogP contribution in [0.25, 0.3) is 21.9 Å². The van der Waals surface area contributed by atoms with Gasteiger partial charge >= 0.3 is 0 Å². The number of imidazole rings is 1. The highest BCUT2D eigenvalue weighted by molar-refractivity contribution is 5.88. The van der Waals surface area contributed by atoms with E-state index in [-0.39, 0.29) is 25.6 Å². The number of nitrogens with two attached hydrogens (primary N) is 1. The molecular formula is C23H25N5O6. The zero-order valence-corrected chi connectivity index (χ0v) is 18.1. The highest BCUT2D eigenvalue weighted by Gasteiger charge is 2.44. The topological polar surface area (TPSA) is 158 Å². The molecule has 5 atom stereocenters. The number of ether oxygens (including phenoxy) is 3. The number of hydrogen-bond donors (Lipinski definition) is 4. The van der Waals surface area contributed by atoms with E-state index in [1.807, 2.05) is 42.5 Å². The van der Waals surface area contributed by atoms with Crippen molar-refractivity contribution in [1.82, 2.24) is 19.5 Å². The molecule has 0 radical (unpaired) electrons. The lowest BCUT2D eigenvalue weighted by Crippen LogP contribution is -2.35. The fourth-order valence-corrected chi connectivity index (χ4v) is 4.03. The van der Waals surface area contributed by atoms with E-state index >= 15 is 0 Å². The van der Waals surface area contributed by atoms with Crippen LogP contribution in [0.4, 0.5) is 5.82 Å². The Balaban J connectivity index is 1.15. The van der Waals surface area contributed by atoms with Crippen LogP contribution in [0.15, 0.2) is 55.1 Å². The molecule has 11 nitrogen and oxygen atoms in total. The molecule has 1 aliphatic rings. The molecule has 0 aliphatic carbocycles. The van der Waals surface area contributed by atoms with Crippen molar-refractivity contribution < 1.29 is 29.5 Å². The summed E-state index contributed by atoms with van der Waals surface area (Å²) in [7, 11) is 0. The van der Waals surface area contributed by atoms with Crippen molar-refractivity contribution in [1.29, 1.82) is 0 Å². The third-order valence-electron chi connectivity index (χ3n) is 5.77. The smallest absolute Gasteiger partial charge is 0.167 e. The van der Waals surface area contributed by atoms with Crippen molar-refractivity contribution in [2.45, 2.75) is 30.6 Å². The maximum absolute atomic E-state index is 10.5. The van der Waals surface area contributed by atoms with Crippen LogP contribution in [-0.2, 0) is 9.47 Å². The van der Waals surface area contributed by atoms with Crippen LogP contribution in [-0.4, -0.2) is 79.1 Å². The van der Waals surface area contributed by atoms with Crippen LogP contribution in [0, 0.1) is 0 Å². The van der Waals surface area contributed by atoms with Crippen molar-refractivity contribution in [2.24, 2.45) is 0 Å². The maximum atomic E-state index is 10.5. The second kappa shape index (κ2) is 9.49. The fourth-order valence-electron chi connectivity index (χ4n) is 4.03. The Bertz CT molecular complexity index is 1280. The van der Waals surface area contributed by atoms with E-state index in [1.54, 1.807) is 0 Å². The number of hydrogen-bond acceptors (Lipinski definition) is 10. The van der Waals surface area contributed by atoms with E-state index in [4.69, 9.17) is 19.9 Å². The molecule has 178 valence electrons. The number of aliphatic hydroxyl groups excluding tert-OH is 3. The molecule has 11 heteroatoms. The summed E-state index contributed by atoms with van der Waals surface area (Å²) in [5.74, 6) is 0.881. The summed E-state index contributed by atoms with van der Waals surface area (Å²) in [6.45, 7) is -0.0326. The number of anilines is 1. The van der Waals surface area contributed by atoms with Crippen LogP contribution in [0.1, 0.15) is 6.23 Å². The van der Waals surface area contributed by atoms with Gasteiger partial charge in [0.05, 0.1) is 19.5 Å². The van der Waals surface area contributed by atoms with Gasteiger partial charge in [-0.15, -0.1) is 0 Å². The van der Waals surface area contributed by atoms with Crippen molar-refractivity contribution in [3.8, 4) is 5.75 Å². The van der Waals surface area contributed by atoms with Gasteiger partial charge in [0.15, 0.2) is 17.7 Å². The highest BCUT2D eigenvalue weighted by atomic mass is 16.6. The Morgan fingerprint density at radius 1 is 1.03 bits per heavy atom. The van der Waals surface area contributed by atoms with Crippen molar-refractivity contribution >= 4 is 27.8 Å². The zero-order chi connectivity index (χ0) is 23.7. The molecule has 2 aromatic carbocycles. The number of aromatic nitrogens is 4. The number of nitrogen functional groups attached to an aromatic ring is 1. The van der Waals surface area contributed by atoms with Gasteiger partial charge in [-0.05, 0) is 11.5 Å². The molecule has 1 fully saturated rings. The Hall–Kier alpha value is -3.35. The maximum Gasteiger partial charge on any atom is 0.167 e. The standard InChI is InChI=1S/C23H25N5O6/c24-21-18-22(26-11-25-21)28(12-27-18)23-20(31)19(30)17(34-23)10-32-8-14(29)9-33-16-7-3-5-13-4-1-2-6-15(13)16/h1-7,11-12,14,17,19-20,23,29-31H,8-10H2,(H2,24,25,26)/t14-,17+,19+,20+,23+/m0/s1. The lowest BCUT2D eigenvalue weighted by Gasteiger charge is -2.17. The van der Waals surface area contributed by atoms with Crippen LogP contribution < -0.4 is 10.5 Å². The summed E-state index contributed by atoms with van der Waals surface area (Å²) in [4.78, 5) is 12.2. The van der Waals surface area contributed by atoms with E-state index in [2.05, 4.69) is 15.0 Å². The third-order valence-corrected chi connectivity index (χ3v) is 5.77. The Morgan fingerprint density at radius 3 is 2.74 bits per heavy atom. The first-order valence-corrected chi connectivity index (χ1v) is 10.8. The summed E-state index contributed by atoms with van der Waals surface area (Å²) < 4.78 is 18.6. The summed E-state index contributed by atoms with van der Waals surface area (Å²) in [6.07, 6.45) is -2.36. The number of rotatable bonds is 8.